The molecule has 1 aliphatic heterocycles. The molecule has 0 unspecified atom stereocenters. The minimum atomic E-state index is -0.426. The molecule has 4 rings (SSSR count). The number of phenols is 1. The van der Waals surface area contributed by atoms with Gasteiger partial charge in [0.05, 0.1) is 18.2 Å². The highest BCUT2D eigenvalue weighted by Crippen LogP contribution is 2.45. The van der Waals surface area contributed by atoms with Crippen LogP contribution < -0.4 is 14.8 Å². The highest BCUT2D eigenvalue weighted by Gasteiger charge is 2.38. The van der Waals surface area contributed by atoms with Gasteiger partial charge in [-0.2, -0.15) is 0 Å². The van der Waals surface area contributed by atoms with Crippen molar-refractivity contribution < 1.29 is 24.2 Å². The molecule has 2 aliphatic rings. The van der Waals surface area contributed by atoms with Crippen molar-refractivity contribution in [1.29, 1.82) is 0 Å². The summed E-state index contributed by atoms with van der Waals surface area (Å²) in [6.07, 6.45) is 1.08. The quantitative estimate of drug-likeness (QED) is 0.650. The molecule has 1 aliphatic carbocycles. The summed E-state index contributed by atoms with van der Waals surface area (Å²) >= 11 is 6.22. The maximum absolute atomic E-state index is 13.3. The summed E-state index contributed by atoms with van der Waals surface area (Å²) in [5.74, 6) is 0.325. The van der Waals surface area contributed by atoms with Gasteiger partial charge in [-0.1, -0.05) is 23.7 Å². The van der Waals surface area contributed by atoms with Crippen molar-refractivity contribution in [3.8, 4) is 17.2 Å². The Hall–Kier alpha value is -2.99. The molecule has 6 nitrogen and oxygen atoms in total. The first-order chi connectivity index (χ1) is 15.4. The molecule has 168 valence electrons. The van der Waals surface area contributed by atoms with Crippen molar-refractivity contribution in [1.82, 2.24) is 5.32 Å². The fraction of sp³-hybridized carbons (Fsp3) is 0.360. The topological polar surface area (TPSA) is 84.9 Å². The molecule has 0 aromatic heterocycles. The van der Waals surface area contributed by atoms with Gasteiger partial charge in [0.25, 0.3) is 0 Å². The average Bonchev–Trinajstić information content (AvgIpc) is 2.76. The van der Waals surface area contributed by atoms with Crippen LogP contribution in [0.4, 0.5) is 0 Å². The Balaban J connectivity index is 1.67. The summed E-state index contributed by atoms with van der Waals surface area (Å²) in [4.78, 5) is 25.8. The van der Waals surface area contributed by atoms with E-state index in [9.17, 15) is 14.7 Å². The standard InChI is InChI=1S/C25H26ClNO5/c1-3-31-17-7-5-14(6-8-17)15-10-20-24(21(28)11-15)18(13-23(29)27-20)16-9-19(26)25(30)22(12-16)32-4-2/h5-9,12,15,18,30H,3-4,10-11,13H2,1-2H3,(H,27,29)/t15-,18+/m0/s1. The lowest BCUT2D eigenvalue weighted by atomic mass is 9.73. The lowest BCUT2D eigenvalue weighted by Gasteiger charge is -2.34. The number of Topliss-reactive ketones (excluding diaryl/α,β-unsaturated/α-hetero) is 1. The lowest BCUT2D eigenvalue weighted by molar-refractivity contribution is -0.122. The number of ketones is 1. The van der Waals surface area contributed by atoms with E-state index < -0.39 is 5.92 Å². The first-order valence-electron chi connectivity index (χ1n) is 10.8. The molecule has 0 fully saturated rings. The van der Waals surface area contributed by atoms with E-state index in [4.69, 9.17) is 21.1 Å². The number of rotatable bonds is 6. The van der Waals surface area contributed by atoms with Crippen LogP contribution in [-0.2, 0) is 9.59 Å². The fourth-order valence-corrected chi connectivity index (χ4v) is 4.76. The van der Waals surface area contributed by atoms with Crippen LogP contribution >= 0.6 is 11.6 Å². The number of benzene rings is 2. The van der Waals surface area contributed by atoms with Gasteiger partial charge in [-0.05, 0) is 61.6 Å². The molecule has 32 heavy (non-hydrogen) atoms. The van der Waals surface area contributed by atoms with Gasteiger partial charge in [0, 0.05) is 30.0 Å². The number of hydrogen-bond acceptors (Lipinski definition) is 5. The van der Waals surface area contributed by atoms with Crippen LogP contribution in [0.5, 0.6) is 17.2 Å². The number of carbonyl (C=O) groups is 2. The Morgan fingerprint density at radius 3 is 2.41 bits per heavy atom. The number of phenolic OH excluding ortho intramolecular Hbond substituents is 1. The normalized spacial score (nSPS) is 20.6. The predicted octanol–water partition coefficient (Wildman–Crippen LogP) is 4.85. The fourth-order valence-electron chi connectivity index (χ4n) is 4.54. The number of halogens is 1. The van der Waals surface area contributed by atoms with E-state index in [1.165, 1.54) is 0 Å². The number of allylic oxidation sites excluding steroid dienone is 2. The zero-order valence-electron chi connectivity index (χ0n) is 18.1. The summed E-state index contributed by atoms with van der Waals surface area (Å²) in [5.41, 5.74) is 3.02. The van der Waals surface area contributed by atoms with E-state index in [1.807, 2.05) is 31.2 Å². The first kappa shape index (κ1) is 22.2. The molecule has 2 N–H and O–H groups in total. The molecule has 7 heteroatoms. The largest absolute Gasteiger partial charge is 0.503 e. The van der Waals surface area contributed by atoms with Crippen LogP contribution in [0.3, 0.4) is 0 Å². The molecule has 2 aromatic rings. The smallest absolute Gasteiger partial charge is 0.225 e. The second-order valence-electron chi connectivity index (χ2n) is 8.01. The number of carbonyl (C=O) groups excluding carboxylic acids is 2. The summed E-state index contributed by atoms with van der Waals surface area (Å²) in [6.45, 7) is 4.69. The molecule has 0 spiro atoms. The van der Waals surface area contributed by atoms with Gasteiger partial charge in [0.1, 0.15) is 5.75 Å². The number of nitrogens with one attached hydrogen (secondary N) is 1. The third-order valence-corrected chi connectivity index (χ3v) is 6.24. The van der Waals surface area contributed by atoms with Gasteiger partial charge < -0.3 is 19.9 Å². The second kappa shape index (κ2) is 9.25. The summed E-state index contributed by atoms with van der Waals surface area (Å²) in [6, 6.07) is 11.0. The Kier molecular flexibility index (Phi) is 6.42. The first-order valence-corrected chi connectivity index (χ1v) is 11.2. The van der Waals surface area contributed by atoms with Crippen LogP contribution in [0.1, 0.15) is 56.1 Å². The highest BCUT2D eigenvalue weighted by molar-refractivity contribution is 6.32. The van der Waals surface area contributed by atoms with Gasteiger partial charge in [0.2, 0.25) is 5.91 Å². The molecule has 2 atom stereocenters. The van der Waals surface area contributed by atoms with Crippen molar-refractivity contribution in [2.45, 2.75) is 44.9 Å². The Morgan fingerprint density at radius 2 is 1.72 bits per heavy atom. The van der Waals surface area contributed by atoms with Crippen LogP contribution in [0.25, 0.3) is 0 Å². The van der Waals surface area contributed by atoms with Crippen molar-refractivity contribution in [3.05, 3.63) is 63.8 Å². The Bertz CT molecular complexity index is 1080. The zero-order chi connectivity index (χ0) is 22.8. The molecular weight excluding hydrogens is 430 g/mol. The van der Waals surface area contributed by atoms with Crippen LogP contribution in [0, 0.1) is 0 Å². The SMILES string of the molecule is CCOc1ccc([C@@H]2CC(=O)C3=C(C2)NC(=O)C[C@@H]3c2cc(Cl)c(O)c(OCC)c2)cc1. The monoisotopic (exact) mass is 455 g/mol. The number of aromatic hydroxyl groups is 1. The third kappa shape index (κ3) is 4.32. The van der Waals surface area contributed by atoms with Crippen LogP contribution in [0.2, 0.25) is 5.02 Å². The van der Waals surface area contributed by atoms with Gasteiger partial charge >= 0.3 is 0 Å². The number of hydrogen-bond donors (Lipinski definition) is 2. The summed E-state index contributed by atoms with van der Waals surface area (Å²) in [7, 11) is 0. The maximum Gasteiger partial charge on any atom is 0.225 e. The molecule has 0 bridgehead atoms. The van der Waals surface area contributed by atoms with Crippen molar-refractivity contribution in [3.63, 3.8) is 0 Å². The van der Waals surface area contributed by atoms with E-state index in [0.717, 1.165) is 11.3 Å². The highest BCUT2D eigenvalue weighted by atomic mass is 35.5. The van der Waals surface area contributed by atoms with E-state index in [0.29, 0.717) is 42.9 Å². The van der Waals surface area contributed by atoms with Gasteiger partial charge in [-0.15, -0.1) is 0 Å². The minimum absolute atomic E-state index is 0.0114. The van der Waals surface area contributed by atoms with E-state index >= 15 is 0 Å². The molecule has 0 radical (unpaired) electrons. The van der Waals surface area contributed by atoms with E-state index in [2.05, 4.69) is 5.32 Å². The van der Waals surface area contributed by atoms with Gasteiger partial charge in [-0.3, -0.25) is 9.59 Å². The van der Waals surface area contributed by atoms with Gasteiger partial charge in [0.15, 0.2) is 17.3 Å². The minimum Gasteiger partial charge on any atom is -0.503 e. The number of ether oxygens (including phenoxy) is 2. The predicted molar refractivity (Wildman–Crippen MR) is 121 cm³/mol. The van der Waals surface area contributed by atoms with E-state index in [1.54, 1.807) is 19.1 Å². The molecular formula is C25H26ClNO5. The third-order valence-electron chi connectivity index (χ3n) is 5.95. The zero-order valence-corrected chi connectivity index (χ0v) is 18.9. The molecule has 0 saturated heterocycles. The van der Waals surface area contributed by atoms with Crippen molar-refractivity contribution >= 4 is 23.3 Å². The average molecular weight is 456 g/mol. The van der Waals surface area contributed by atoms with E-state index in [-0.39, 0.29) is 40.6 Å². The maximum atomic E-state index is 13.3. The molecule has 0 saturated carbocycles. The van der Waals surface area contributed by atoms with Crippen molar-refractivity contribution in [2.24, 2.45) is 0 Å². The summed E-state index contributed by atoms with van der Waals surface area (Å²) in [5, 5.41) is 13.2. The Labute approximate surface area is 192 Å². The van der Waals surface area contributed by atoms with Gasteiger partial charge in [-0.25, -0.2) is 0 Å². The molecule has 2 aromatic carbocycles. The summed E-state index contributed by atoms with van der Waals surface area (Å²) < 4.78 is 11.0. The van der Waals surface area contributed by atoms with Crippen molar-refractivity contribution in [2.75, 3.05) is 13.2 Å². The van der Waals surface area contributed by atoms with Crippen LogP contribution in [0.15, 0.2) is 47.7 Å². The molecule has 1 amide bonds. The second-order valence-corrected chi connectivity index (χ2v) is 8.42. The van der Waals surface area contributed by atoms with Crippen LogP contribution in [-0.4, -0.2) is 30.0 Å². The Morgan fingerprint density at radius 1 is 1.00 bits per heavy atom. The lowest BCUT2D eigenvalue weighted by Crippen LogP contribution is -2.38. The number of amides is 1. The molecule has 1 heterocycles.